The monoisotopic (exact) mass is 461 g/mol. The summed E-state index contributed by atoms with van der Waals surface area (Å²) in [6.45, 7) is 14.3. The molecule has 34 heavy (non-hydrogen) atoms. The SMILES string of the molecule is C/C(=C\c1ccc2c(c1)C(=N)N(CC(=O)c1cc(C(C)(C)C)c(O)c(C(C)(C)C)c1)C2)C(N)=O. The van der Waals surface area contributed by atoms with Crippen LogP contribution in [-0.2, 0) is 22.2 Å². The first kappa shape index (κ1) is 25.2. The Morgan fingerprint density at radius 3 is 2.12 bits per heavy atom. The van der Waals surface area contributed by atoms with Gasteiger partial charge in [0.25, 0.3) is 0 Å². The van der Waals surface area contributed by atoms with Crippen molar-refractivity contribution in [2.45, 2.75) is 65.8 Å². The Hall–Kier alpha value is -3.41. The predicted molar refractivity (Wildman–Crippen MR) is 136 cm³/mol. The van der Waals surface area contributed by atoms with E-state index in [1.165, 1.54) is 0 Å². The van der Waals surface area contributed by atoms with Crippen LogP contribution >= 0.6 is 0 Å². The zero-order valence-electron chi connectivity index (χ0n) is 21.2. The molecule has 0 aliphatic carbocycles. The normalized spacial score (nSPS) is 14.4. The molecule has 6 nitrogen and oxygen atoms in total. The lowest BCUT2D eigenvalue weighted by Gasteiger charge is -2.28. The third-order valence-corrected chi connectivity index (χ3v) is 6.22. The number of phenolic OH excluding ortho intramolecular Hbond substituents is 1. The van der Waals surface area contributed by atoms with E-state index < -0.39 is 5.91 Å². The van der Waals surface area contributed by atoms with Gasteiger partial charge < -0.3 is 15.7 Å². The second-order valence-corrected chi connectivity index (χ2v) is 11.2. The highest BCUT2D eigenvalue weighted by Gasteiger charge is 2.30. The van der Waals surface area contributed by atoms with Crippen molar-refractivity contribution in [2.75, 3.05) is 6.54 Å². The van der Waals surface area contributed by atoms with E-state index in [9.17, 15) is 14.7 Å². The summed E-state index contributed by atoms with van der Waals surface area (Å²) in [5.41, 5.74) is 9.62. The number of phenols is 1. The van der Waals surface area contributed by atoms with Crippen LogP contribution in [0.1, 0.15) is 86.6 Å². The molecule has 0 aromatic heterocycles. The van der Waals surface area contributed by atoms with Crippen LogP contribution in [0.5, 0.6) is 5.75 Å². The molecule has 0 fully saturated rings. The molecule has 2 aromatic carbocycles. The minimum atomic E-state index is -0.485. The van der Waals surface area contributed by atoms with Crippen LogP contribution in [0, 0.1) is 5.41 Å². The number of primary amides is 1. The maximum Gasteiger partial charge on any atom is 0.244 e. The molecule has 180 valence electrons. The summed E-state index contributed by atoms with van der Waals surface area (Å²) >= 11 is 0. The number of amidine groups is 1. The van der Waals surface area contributed by atoms with E-state index in [4.69, 9.17) is 11.1 Å². The number of nitrogens with one attached hydrogen (secondary N) is 1. The molecule has 0 bridgehead atoms. The molecule has 1 aliphatic heterocycles. The first-order valence-corrected chi connectivity index (χ1v) is 11.5. The Kier molecular flexibility index (Phi) is 6.49. The van der Waals surface area contributed by atoms with E-state index in [1.807, 2.05) is 59.7 Å². The average Bonchev–Trinajstić information content (AvgIpc) is 3.01. The van der Waals surface area contributed by atoms with E-state index in [0.717, 1.165) is 27.8 Å². The number of aromatic hydroxyl groups is 1. The summed E-state index contributed by atoms with van der Waals surface area (Å²) < 4.78 is 0. The zero-order valence-corrected chi connectivity index (χ0v) is 21.2. The largest absolute Gasteiger partial charge is 0.507 e. The summed E-state index contributed by atoms with van der Waals surface area (Å²) in [5, 5.41) is 19.6. The summed E-state index contributed by atoms with van der Waals surface area (Å²) in [7, 11) is 0. The predicted octanol–water partition coefficient (Wildman–Crippen LogP) is 4.90. The maximum atomic E-state index is 13.4. The molecule has 0 saturated heterocycles. The van der Waals surface area contributed by atoms with Gasteiger partial charge in [-0.15, -0.1) is 0 Å². The number of Topliss-reactive ketones (excluding diaryl/α,β-unsaturated/α-hetero) is 1. The highest BCUT2D eigenvalue weighted by atomic mass is 16.3. The zero-order chi connectivity index (χ0) is 25.6. The van der Waals surface area contributed by atoms with Crippen molar-refractivity contribution < 1.29 is 14.7 Å². The minimum Gasteiger partial charge on any atom is -0.507 e. The summed E-state index contributed by atoms with van der Waals surface area (Å²) in [5.74, 6) is -0.0647. The van der Waals surface area contributed by atoms with Gasteiger partial charge in [-0.2, -0.15) is 0 Å². The van der Waals surface area contributed by atoms with Gasteiger partial charge in [0, 0.05) is 34.4 Å². The first-order chi connectivity index (χ1) is 15.6. The van der Waals surface area contributed by atoms with Gasteiger partial charge in [-0.05, 0) is 53.2 Å². The van der Waals surface area contributed by atoms with E-state index in [-0.39, 0.29) is 34.7 Å². The average molecular weight is 462 g/mol. The molecule has 2 aromatic rings. The van der Waals surface area contributed by atoms with Crippen LogP contribution in [-0.4, -0.2) is 34.1 Å². The van der Waals surface area contributed by atoms with Crippen molar-refractivity contribution in [2.24, 2.45) is 5.73 Å². The lowest BCUT2D eigenvalue weighted by atomic mass is 9.78. The number of carbonyl (C=O) groups is 2. The number of fused-ring (bicyclic) bond motifs is 1. The first-order valence-electron chi connectivity index (χ1n) is 11.5. The summed E-state index contributed by atoms with van der Waals surface area (Å²) in [4.78, 5) is 26.5. The summed E-state index contributed by atoms with van der Waals surface area (Å²) in [6, 6.07) is 9.23. The van der Waals surface area contributed by atoms with Crippen molar-refractivity contribution in [3.05, 3.63) is 69.3 Å². The lowest BCUT2D eigenvalue weighted by molar-refractivity contribution is -0.114. The van der Waals surface area contributed by atoms with E-state index in [2.05, 4.69) is 0 Å². The van der Waals surface area contributed by atoms with Gasteiger partial charge in [0.1, 0.15) is 11.6 Å². The molecule has 1 amide bonds. The van der Waals surface area contributed by atoms with Gasteiger partial charge in [-0.3, -0.25) is 15.0 Å². The Morgan fingerprint density at radius 1 is 1.06 bits per heavy atom. The molecule has 4 N–H and O–H groups in total. The number of rotatable bonds is 5. The van der Waals surface area contributed by atoms with Crippen molar-refractivity contribution in [1.82, 2.24) is 4.90 Å². The second-order valence-electron chi connectivity index (χ2n) is 11.2. The fourth-order valence-electron chi connectivity index (χ4n) is 4.16. The highest BCUT2D eigenvalue weighted by Crippen LogP contribution is 2.40. The van der Waals surface area contributed by atoms with Gasteiger partial charge >= 0.3 is 0 Å². The molecule has 6 heteroatoms. The molecule has 0 atom stereocenters. The van der Waals surface area contributed by atoms with Crippen molar-refractivity contribution in [1.29, 1.82) is 5.41 Å². The molecule has 1 aliphatic rings. The smallest absolute Gasteiger partial charge is 0.244 e. The number of carbonyl (C=O) groups excluding carboxylic acids is 2. The molecular weight excluding hydrogens is 426 g/mol. The molecule has 0 saturated carbocycles. The number of hydrogen-bond donors (Lipinski definition) is 3. The molecule has 0 radical (unpaired) electrons. The standard InChI is InChI=1S/C28H35N3O3/c1-16(26(30)34)10-17-8-9-18-14-31(25(29)20(18)11-17)15-23(32)19-12-21(27(2,3)4)24(33)22(13-19)28(5,6)7/h8-13,29,33H,14-15H2,1-7H3,(H2,30,34)/b16-10+,29-25?. The van der Waals surface area contributed by atoms with Crippen LogP contribution in [0.2, 0.25) is 0 Å². The van der Waals surface area contributed by atoms with Crippen LogP contribution in [0.25, 0.3) is 6.08 Å². The van der Waals surface area contributed by atoms with E-state index in [1.54, 1.807) is 30.0 Å². The van der Waals surface area contributed by atoms with Crippen LogP contribution in [0.3, 0.4) is 0 Å². The van der Waals surface area contributed by atoms with Crippen molar-refractivity contribution >= 4 is 23.6 Å². The number of hydrogen-bond acceptors (Lipinski definition) is 4. The Bertz CT molecular complexity index is 1180. The number of nitrogens with two attached hydrogens (primary N) is 1. The van der Waals surface area contributed by atoms with Gasteiger partial charge in [-0.1, -0.05) is 53.7 Å². The molecule has 0 unspecified atom stereocenters. The van der Waals surface area contributed by atoms with E-state index >= 15 is 0 Å². The van der Waals surface area contributed by atoms with Crippen LogP contribution < -0.4 is 5.73 Å². The minimum absolute atomic E-state index is 0.0664. The number of ketones is 1. The third-order valence-electron chi connectivity index (χ3n) is 6.22. The Labute approximate surface area is 202 Å². The summed E-state index contributed by atoms with van der Waals surface area (Å²) in [6.07, 6.45) is 1.70. The number of amides is 1. The van der Waals surface area contributed by atoms with Gasteiger partial charge in [-0.25, -0.2) is 0 Å². The molecule has 0 spiro atoms. The fraction of sp³-hybridized carbons (Fsp3) is 0.393. The second kappa shape index (κ2) is 8.75. The van der Waals surface area contributed by atoms with Crippen molar-refractivity contribution in [3.63, 3.8) is 0 Å². The van der Waals surface area contributed by atoms with Crippen molar-refractivity contribution in [3.8, 4) is 5.75 Å². The van der Waals surface area contributed by atoms with Gasteiger partial charge in [0.2, 0.25) is 5.91 Å². The van der Waals surface area contributed by atoms with Crippen LogP contribution in [0.4, 0.5) is 0 Å². The lowest BCUT2D eigenvalue weighted by Crippen LogP contribution is -2.30. The maximum absolute atomic E-state index is 13.4. The highest BCUT2D eigenvalue weighted by molar-refractivity contribution is 6.06. The fourth-order valence-corrected chi connectivity index (χ4v) is 4.16. The van der Waals surface area contributed by atoms with Crippen LogP contribution in [0.15, 0.2) is 35.9 Å². The Morgan fingerprint density at radius 2 is 1.62 bits per heavy atom. The Balaban J connectivity index is 1.91. The number of benzene rings is 2. The molecular formula is C28H35N3O3. The van der Waals surface area contributed by atoms with Gasteiger partial charge in [0.05, 0.1) is 6.54 Å². The van der Waals surface area contributed by atoms with Gasteiger partial charge in [0.15, 0.2) is 5.78 Å². The van der Waals surface area contributed by atoms with E-state index in [0.29, 0.717) is 17.7 Å². The quantitative estimate of drug-likeness (QED) is 0.435. The molecule has 1 heterocycles. The number of nitrogens with zero attached hydrogens (tertiary/aromatic N) is 1. The third kappa shape index (κ3) is 5.06. The molecule has 3 rings (SSSR count). The topological polar surface area (TPSA) is 107 Å².